The van der Waals surface area contributed by atoms with Crippen LogP contribution >= 0.6 is 0 Å². The molecule has 0 aliphatic rings. The molecular weight excluding hydrogens is 244 g/mol. The van der Waals surface area contributed by atoms with E-state index in [1.165, 1.54) is 24.6 Å². The number of nitrogens with zero attached hydrogens (tertiary/aromatic N) is 1. The first-order chi connectivity index (χ1) is 8.07. The number of hydrogen-bond donors (Lipinski definition) is 1. The molecule has 0 atom stereocenters. The van der Waals surface area contributed by atoms with E-state index >= 15 is 0 Å². The highest BCUT2D eigenvalue weighted by Crippen LogP contribution is 2.19. The van der Waals surface area contributed by atoms with Crippen LogP contribution in [0.25, 0.3) is 0 Å². The Balaban J connectivity index is 2.22. The van der Waals surface area contributed by atoms with Crippen LogP contribution in [0.5, 0.6) is 5.88 Å². The van der Waals surface area contributed by atoms with Crippen LogP contribution in [-0.4, -0.2) is 13.4 Å². The van der Waals surface area contributed by atoms with Crippen LogP contribution in [0.3, 0.4) is 0 Å². The van der Waals surface area contributed by atoms with E-state index in [0.29, 0.717) is 5.76 Å². The van der Waals surface area contributed by atoms with Gasteiger partial charge in [0.25, 0.3) is 0 Å². The summed E-state index contributed by atoms with van der Waals surface area (Å²) in [5.41, 5.74) is 0. The van der Waals surface area contributed by atoms with E-state index in [1.807, 2.05) is 0 Å². The third-order valence-corrected chi connectivity index (χ3v) is 2.90. The number of sulfonamides is 1. The van der Waals surface area contributed by atoms with E-state index in [1.54, 1.807) is 12.1 Å². The Morgan fingerprint density at radius 3 is 2.82 bits per heavy atom. The average molecular weight is 254 g/mol. The molecule has 2 aromatic rings. The van der Waals surface area contributed by atoms with Crippen LogP contribution in [0.4, 0.5) is 0 Å². The zero-order valence-corrected chi connectivity index (χ0v) is 9.55. The third-order valence-electron chi connectivity index (χ3n) is 1.97. The molecule has 0 aliphatic carbocycles. The molecule has 0 aromatic carbocycles. The van der Waals surface area contributed by atoms with Crippen LogP contribution in [0.2, 0.25) is 0 Å². The second-order valence-corrected chi connectivity index (χ2v) is 4.75. The first-order valence-electron chi connectivity index (χ1n) is 4.70. The lowest BCUT2D eigenvalue weighted by Crippen LogP contribution is -2.14. The first-order valence-corrected chi connectivity index (χ1v) is 6.25. The lowest BCUT2D eigenvalue weighted by atomic mass is 10.4. The summed E-state index contributed by atoms with van der Waals surface area (Å²) in [6, 6.07) is 6.22. The number of rotatable bonds is 4. The van der Waals surface area contributed by atoms with Gasteiger partial charge >= 0.3 is 0 Å². The van der Waals surface area contributed by atoms with Crippen molar-refractivity contribution in [3.8, 4) is 5.88 Å². The zero-order chi connectivity index (χ0) is 12.3. The van der Waals surface area contributed by atoms with Crippen LogP contribution in [0.15, 0.2) is 46.0 Å². The number of ether oxygens (including phenoxy) is 1. The molecule has 0 saturated carbocycles. The van der Waals surface area contributed by atoms with Crippen molar-refractivity contribution in [2.24, 2.45) is 5.14 Å². The summed E-state index contributed by atoms with van der Waals surface area (Å²) in [5.74, 6) is 0.530. The largest absolute Gasteiger partial charge is 0.469 e. The minimum Gasteiger partial charge on any atom is -0.469 e. The van der Waals surface area contributed by atoms with Crippen LogP contribution in [0.1, 0.15) is 5.76 Å². The molecular formula is C10H10N2O4S. The van der Waals surface area contributed by atoms with Crippen LogP contribution < -0.4 is 9.88 Å². The summed E-state index contributed by atoms with van der Waals surface area (Å²) in [4.78, 5) is 3.67. The molecule has 0 saturated heterocycles. The molecule has 0 bridgehead atoms. The molecule has 90 valence electrons. The fraction of sp³-hybridized carbons (Fsp3) is 0.100. The van der Waals surface area contributed by atoms with E-state index in [0.717, 1.165) is 0 Å². The van der Waals surface area contributed by atoms with Crippen molar-refractivity contribution >= 4 is 10.0 Å². The minimum atomic E-state index is -3.84. The van der Waals surface area contributed by atoms with E-state index < -0.39 is 10.0 Å². The van der Waals surface area contributed by atoms with Gasteiger partial charge in [0.05, 0.1) is 6.26 Å². The van der Waals surface area contributed by atoms with Crippen LogP contribution in [-0.2, 0) is 16.6 Å². The Hall–Kier alpha value is -1.86. The van der Waals surface area contributed by atoms with Gasteiger partial charge in [-0.25, -0.2) is 18.5 Å². The molecule has 0 aliphatic heterocycles. The maximum atomic E-state index is 11.2. The quantitative estimate of drug-likeness (QED) is 0.874. The molecule has 2 heterocycles. The van der Waals surface area contributed by atoms with Crippen molar-refractivity contribution in [1.29, 1.82) is 0 Å². The maximum Gasteiger partial charge on any atom is 0.243 e. The number of primary sulfonamides is 1. The Bertz CT molecular complexity index is 593. The van der Waals surface area contributed by atoms with E-state index in [4.69, 9.17) is 14.3 Å². The van der Waals surface area contributed by atoms with Crippen LogP contribution in [0, 0.1) is 0 Å². The zero-order valence-electron chi connectivity index (χ0n) is 8.74. The van der Waals surface area contributed by atoms with Crippen molar-refractivity contribution in [3.63, 3.8) is 0 Å². The number of aromatic nitrogens is 1. The summed E-state index contributed by atoms with van der Waals surface area (Å²) >= 11 is 0. The van der Waals surface area contributed by atoms with E-state index in [2.05, 4.69) is 4.98 Å². The fourth-order valence-corrected chi connectivity index (χ4v) is 1.86. The minimum absolute atomic E-state index is 0.0357. The molecule has 0 spiro atoms. The van der Waals surface area contributed by atoms with Gasteiger partial charge in [0.1, 0.15) is 17.3 Å². The number of pyridine rings is 1. The highest BCUT2D eigenvalue weighted by atomic mass is 32.2. The van der Waals surface area contributed by atoms with Gasteiger partial charge < -0.3 is 9.15 Å². The molecule has 2 rings (SSSR count). The second-order valence-electron chi connectivity index (χ2n) is 3.22. The monoisotopic (exact) mass is 254 g/mol. The highest BCUT2D eigenvalue weighted by Gasteiger charge is 2.16. The van der Waals surface area contributed by atoms with Crippen molar-refractivity contribution < 1.29 is 17.6 Å². The van der Waals surface area contributed by atoms with Crippen molar-refractivity contribution in [2.75, 3.05) is 0 Å². The average Bonchev–Trinajstić information content (AvgIpc) is 2.78. The summed E-state index contributed by atoms with van der Waals surface area (Å²) in [5, 5.41) is 5.04. The molecule has 6 nitrogen and oxygen atoms in total. The summed E-state index contributed by atoms with van der Waals surface area (Å²) in [7, 11) is -3.84. The summed E-state index contributed by atoms with van der Waals surface area (Å²) < 4.78 is 32.8. The molecule has 2 aromatic heterocycles. The van der Waals surface area contributed by atoms with Gasteiger partial charge in [0, 0.05) is 6.20 Å². The first kappa shape index (κ1) is 11.6. The summed E-state index contributed by atoms with van der Waals surface area (Å²) in [6.45, 7) is 0.0898. The number of furan rings is 1. The van der Waals surface area contributed by atoms with Crippen molar-refractivity contribution in [1.82, 2.24) is 4.98 Å². The molecule has 7 heteroatoms. The standard InChI is InChI=1S/C10H10N2O4S/c11-17(13,14)9-4-1-5-12-10(9)16-7-8-3-2-6-15-8/h1-6H,7H2,(H2,11,13,14). The molecule has 0 amide bonds. The SMILES string of the molecule is NS(=O)(=O)c1cccnc1OCc1ccco1. The van der Waals surface area contributed by atoms with Gasteiger partial charge in [-0.2, -0.15) is 0 Å². The van der Waals surface area contributed by atoms with Gasteiger partial charge in [0.2, 0.25) is 15.9 Å². The molecule has 0 unspecified atom stereocenters. The molecule has 17 heavy (non-hydrogen) atoms. The highest BCUT2D eigenvalue weighted by molar-refractivity contribution is 7.89. The lowest BCUT2D eigenvalue weighted by Gasteiger charge is -2.06. The van der Waals surface area contributed by atoms with Gasteiger partial charge in [-0.3, -0.25) is 0 Å². The van der Waals surface area contributed by atoms with Gasteiger partial charge in [-0.1, -0.05) is 0 Å². The topological polar surface area (TPSA) is 95.4 Å². The Morgan fingerprint density at radius 1 is 1.35 bits per heavy atom. The van der Waals surface area contributed by atoms with Gasteiger partial charge in [-0.05, 0) is 24.3 Å². The Kier molecular flexibility index (Phi) is 3.12. The molecule has 0 radical (unpaired) electrons. The molecule has 0 fully saturated rings. The van der Waals surface area contributed by atoms with E-state index in [-0.39, 0.29) is 17.4 Å². The second kappa shape index (κ2) is 4.56. The molecule has 2 N–H and O–H groups in total. The lowest BCUT2D eigenvalue weighted by molar-refractivity contribution is 0.253. The Morgan fingerprint density at radius 2 is 2.18 bits per heavy atom. The smallest absolute Gasteiger partial charge is 0.243 e. The predicted molar refractivity (Wildman–Crippen MR) is 58.7 cm³/mol. The third kappa shape index (κ3) is 2.83. The Labute approximate surface area is 98.1 Å². The number of nitrogens with two attached hydrogens (primary N) is 1. The maximum absolute atomic E-state index is 11.2. The normalized spacial score (nSPS) is 11.4. The summed E-state index contributed by atoms with van der Waals surface area (Å²) in [6.07, 6.45) is 2.92. The fourth-order valence-electron chi connectivity index (χ4n) is 1.24. The van der Waals surface area contributed by atoms with Gasteiger partial charge in [-0.15, -0.1) is 0 Å². The number of hydrogen-bond acceptors (Lipinski definition) is 5. The van der Waals surface area contributed by atoms with E-state index in [9.17, 15) is 8.42 Å². The van der Waals surface area contributed by atoms with Gasteiger partial charge in [0.15, 0.2) is 0 Å². The van der Waals surface area contributed by atoms with Crippen molar-refractivity contribution in [3.05, 3.63) is 42.5 Å². The predicted octanol–water partition coefficient (Wildman–Crippen LogP) is 0.901. The van der Waals surface area contributed by atoms with Crippen molar-refractivity contribution in [2.45, 2.75) is 11.5 Å².